The van der Waals surface area contributed by atoms with Crippen LogP contribution in [-0.4, -0.2) is 56.7 Å². The van der Waals surface area contributed by atoms with Crippen LogP contribution >= 0.6 is 0 Å². The smallest absolute Gasteiger partial charge is 0.246 e. The number of hydrogen-bond donors (Lipinski definition) is 0. The van der Waals surface area contributed by atoms with E-state index < -0.39 is 0 Å². The minimum Gasteiger partial charge on any atom is -0.337 e. The lowest BCUT2D eigenvalue weighted by Crippen LogP contribution is -2.47. The lowest BCUT2D eigenvalue weighted by molar-refractivity contribution is -0.127. The molecule has 2 aromatic heterocycles. The van der Waals surface area contributed by atoms with Gasteiger partial charge in [0.05, 0.1) is 17.9 Å². The first-order chi connectivity index (χ1) is 17.2. The molecule has 1 aliphatic rings. The highest BCUT2D eigenvalue weighted by Gasteiger charge is 2.20. The second-order valence-corrected chi connectivity index (χ2v) is 8.74. The first kappa shape index (κ1) is 22.7. The average Bonchev–Trinajstić information content (AvgIpc) is 3.32. The summed E-state index contributed by atoms with van der Waals surface area (Å²) in [5.41, 5.74) is 5.10. The van der Waals surface area contributed by atoms with Gasteiger partial charge in [0.2, 0.25) is 5.91 Å². The van der Waals surface area contributed by atoms with Crippen LogP contribution in [0.5, 0.6) is 0 Å². The van der Waals surface area contributed by atoms with Crippen molar-refractivity contribution in [3.05, 3.63) is 114 Å². The Bertz CT molecular complexity index is 1260. The molecule has 2 aromatic carbocycles. The molecule has 5 rings (SSSR count). The number of hydrogen-bond acceptors (Lipinski definition) is 4. The summed E-state index contributed by atoms with van der Waals surface area (Å²) >= 11 is 0. The predicted molar refractivity (Wildman–Crippen MR) is 138 cm³/mol. The molecule has 1 fully saturated rings. The molecule has 0 unspecified atom stereocenters. The van der Waals surface area contributed by atoms with E-state index in [0.29, 0.717) is 6.54 Å². The van der Waals surface area contributed by atoms with Crippen LogP contribution in [0.25, 0.3) is 17.3 Å². The number of carbonyl (C=O) groups is 1. The maximum Gasteiger partial charge on any atom is 0.246 e. The molecular weight excluding hydrogens is 434 g/mol. The van der Waals surface area contributed by atoms with E-state index in [-0.39, 0.29) is 5.91 Å². The fourth-order valence-corrected chi connectivity index (χ4v) is 4.34. The van der Waals surface area contributed by atoms with Crippen LogP contribution < -0.4 is 0 Å². The number of piperazine rings is 1. The SMILES string of the molecule is O=C(/C=C/c1cn(Cc2ccccc2)nc1-c1ccccc1)N1CCN(Cc2ccccn2)CC1. The average molecular weight is 464 g/mol. The molecule has 1 amide bonds. The van der Waals surface area contributed by atoms with Crippen molar-refractivity contribution in [1.82, 2.24) is 24.6 Å². The zero-order valence-electron chi connectivity index (χ0n) is 19.7. The molecule has 0 saturated carbocycles. The number of rotatable bonds is 7. The summed E-state index contributed by atoms with van der Waals surface area (Å²) in [6.45, 7) is 4.63. The molecule has 6 heteroatoms. The molecule has 0 spiro atoms. The van der Waals surface area contributed by atoms with Gasteiger partial charge in [-0.3, -0.25) is 19.4 Å². The molecule has 0 N–H and O–H groups in total. The summed E-state index contributed by atoms with van der Waals surface area (Å²) in [7, 11) is 0. The molecule has 1 aliphatic heterocycles. The minimum absolute atomic E-state index is 0.0392. The van der Waals surface area contributed by atoms with E-state index in [1.807, 2.05) is 82.6 Å². The van der Waals surface area contributed by atoms with Crippen LogP contribution in [0.1, 0.15) is 16.8 Å². The van der Waals surface area contributed by atoms with Gasteiger partial charge in [-0.25, -0.2) is 0 Å². The number of carbonyl (C=O) groups excluding carboxylic acids is 1. The van der Waals surface area contributed by atoms with Gasteiger partial charge in [-0.05, 0) is 23.8 Å². The number of aromatic nitrogens is 3. The van der Waals surface area contributed by atoms with Crippen molar-refractivity contribution in [2.45, 2.75) is 13.1 Å². The number of pyridine rings is 1. The van der Waals surface area contributed by atoms with Gasteiger partial charge in [0, 0.05) is 62.3 Å². The maximum absolute atomic E-state index is 13.0. The number of benzene rings is 2. The Balaban J connectivity index is 1.26. The van der Waals surface area contributed by atoms with Gasteiger partial charge >= 0.3 is 0 Å². The summed E-state index contributed by atoms with van der Waals surface area (Å²) in [5.74, 6) is 0.0392. The highest BCUT2D eigenvalue weighted by Crippen LogP contribution is 2.23. The predicted octanol–water partition coefficient (Wildman–Crippen LogP) is 4.35. The van der Waals surface area contributed by atoms with Crippen molar-refractivity contribution >= 4 is 12.0 Å². The van der Waals surface area contributed by atoms with E-state index in [1.54, 1.807) is 6.08 Å². The molecule has 0 aliphatic carbocycles. The highest BCUT2D eigenvalue weighted by atomic mass is 16.2. The lowest BCUT2D eigenvalue weighted by Gasteiger charge is -2.34. The van der Waals surface area contributed by atoms with E-state index in [2.05, 4.69) is 34.1 Å². The minimum atomic E-state index is 0.0392. The third kappa shape index (κ3) is 5.91. The highest BCUT2D eigenvalue weighted by molar-refractivity contribution is 5.93. The molecule has 35 heavy (non-hydrogen) atoms. The van der Waals surface area contributed by atoms with Gasteiger partial charge in [0.15, 0.2) is 0 Å². The van der Waals surface area contributed by atoms with Crippen LogP contribution in [0, 0.1) is 0 Å². The van der Waals surface area contributed by atoms with Crippen LogP contribution in [0.3, 0.4) is 0 Å². The fraction of sp³-hybridized carbons (Fsp3) is 0.207. The molecule has 0 radical (unpaired) electrons. The molecule has 4 aromatic rings. The zero-order chi connectivity index (χ0) is 23.9. The zero-order valence-corrected chi connectivity index (χ0v) is 19.7. The molecule has 0 atom stereocenters. The summed E-state index contributed by atoms with van der Waals surface area (Å²) in [5, 5.41) is 4.84. The van der Waals surface area contributed by atoms with Crippen molar-refractivity contribution in [2.24, 2.45) is 0 Å². The van der Waals surface area contributed by atoms with Gasteiger partial charge in [-0.1, -0.05) is 66.7 Å². The quantitative estimate of drug-likeness (QED) is 0.383. The normalized spacial score (nSPS) is 14.5. The molecule has 6 nitrogen and oxygen atoms in total. The van der Waals surface area contributed by atoms with Gasteiger partial charge in [-0.2, -0.15) is 5.10 Å². The maximum atomic E-state index is 13.0. The second kappa shape index (κ2) is 10.9. The third-order valence-corrected chi connectivity index (χ3v) is 6.23. The van der Waals surface area contributed by atoms with Crippen molar-refractivity contribution in [3.8, 4) is 11.3 Å². The van der Waals surface area contributed by atoms with Crippen LogP contribution in [0.15, 0.2) is 97.3 Å². The van der Waals surface area contributed by atoms with Crippen molar-refractivity contribution in [1.29, 1.82) is 0 Å². The van der Waals surface area contributed by atoms with Gasteiger partial charge in [0.25, 0.3) is 0 Å². The number of nitrogens with zero attached hydrogens (tertiary/aromatic N) is 5. The summed E-state index contributed by atoms with van der Waals surface area (Å²) in [6.07, 6.45) is 7.43. The molecular formula is C29H29N5O. The molecule has 3 heterocycles. The largest absolute Gasteiger partial charge is 0.337 e. The summed E-state index contributed by atoms with van der Waals surface area (Å²) in [6, 6.07) is 26.4. The van der Waals surface area contributed by atoms with Gasteiger partial charge in [0.1, 0.15) is 0 Å². The Hall–Kier alpha value is -4.03. The van der Waals surface area contributed by atoms with Crippen LogP contribution in [-0.2, 0) is 17.9 Å². The van der Waals surface area contributed by atoms with Gasteiger partial charge < -0.3 is 4.90 Å². The van der Waals surface area contributed by atoms with E-state index in [1.165, 1.54) is 5.56 Å². The number of amides is 1. The van der Waals surface area contributed by atoms with Crippen molar-refractivity contribution in [3.63, 3.8) is 0 Å². The molecule has 1 saturated heterocycles. The lowest BCUT2D eigenvalue weighted by atomic mass is 10.1. The van der Waals surface area contributed by atoms with Crippen LogP contribution in [0.2, 0.25) is 0 Å². The Morgan fingerprint density at radius 2 is 1.54 bits per heavy atom. The summed E-state index contributed by atoms with van der Waals surface area (Å²) in [4.78, 5) is 21.6. The van der Waals surface area contributed by atoms with Gasteiger partial charge in [-0.15, -0.1) is 0 Å². The van der Waals surface area contributed by atoms with E-state index in [4.69, 9.17) is 5.10 Å². The van der Waals surface area contributed by atoms with E-state index in [0.717, 1.165) is 55.2 Å². The standard InChI is InChI=1S/C29H29N5O/c35-28(33-19-17-32(18-20-33)23-27-13-7-8-16-30-27)15-14-26-22-34(21-24-9-3-1-4-10-24)31-29(26)25-11-5-2-6-12-25/h1-16,22H,17-21,23H2/b15-14+. The monoisotopic (exact) mass is 463 g/mol. The van der Waals surface area contributed by atoms with Crippen molar-refractivity contribution < 1.29 is 4.79 Å². The Labute approximate surface area is 206 Å². The third-order valence-electron chi connectivity index (χ3n) is 6.23. The Morgan fingerprint density at radius 3 is 2.26 bits per heavy atom. The van der Waals surface area contributed by atoms with E-state index >= 15 is 0 Å². The summed E-state index contributed by atoms with van der Waals surface area (Å²) < 4.78 is 1.94. The topological polar surface area (TPSA) is 54.3 Å². The Kier molecular flexibility index (Phi) is 7.10. The van der Waals surface area contributed by atoms with Crippen LogP contribution in [0.4, 0.5) is 0 Å². The van der Waals surface area contributed by atoms with E-state index in [9.17, 15) is 4.79 Å². The molecule has 176 valence electrons. The first-order valence-electron chi connectivity index (χ1n) is 12.0. The second-order valence-electron chi connectivity index (χ2n) is 8.74. The first-order valence-corrected chi connectivity index (χ1v) is 12.0. The molecule has 0 bridgehead atoms. The fourth-order valence-electron chi connectivity index (χ4n) is 4.34. The Morgan fingerprint density at radius 1 is 0.829 bits per heavy atom. The van der Waals surface area contributed by atoms with Crippen molar-refractivity contribution in [2.75, 3.05) is 26.2 Å².